The van der Waals surface area contributed by atoms with Crippen LogP contribution in [0.5, 0.6) is 11.5 Å². The lowest BCUT2D eigenvalue weighted by molar-refractivity contribution is -0.299. The van der Waals surface area contributed by atoms with Gasteiger partial charge in [0, 0.05) is 5.56 Å². The normalized spacial score (nSPS) is 34.5. The Bertz CT molecular complexity index is 1070. The van der Waals surface area contributed by atoms with Crippen molar-refractivity contribution in [3.8, 4) is 11.5 Å². The van der Waals surface area contributed by atoms with Gasteiger partial charge in [-0.1, -0.05) is 23.3 Å². The number of rotatable bonds is 12. The third kappa shape index (κ3) is 8.49. The quantitative estimate of drug-likeness (QED) is 0.130. The molecule has 0 aliphatic carbocycles. The molecule has 13 heteroatoms. The molecule has 0 bridgehead atoms. The Morgan fingerprint density at radius 3 is 1.95 bits per heavy atom. The highest BCUT2D eigenvalue weighted by molar-refractivity contribution is 5.46. The molecule has 13 nitrogen and oxygen atoms in total. The van der Waals surface area contributed by atoms with E-state index in [0.717, 1.165) is 11.1 Å². The van der Waals surface area contributed by atoms with E-state index in [2.05, 4.69) is 0 Å². The van der Waals surface area contributed by atoms with Crippen molar-refractivity contribution < 1.29 is 64.9 Å². The van der Waals surface area contributed by atoms with Gasteiger partial charge in [-0.3, -0.25) is 0 Å². The van der Waals surface area contributed by atoms with Crippen LogP contribution < -0.4 is 4.74 Å². The monoisotopic (exact) mass is 600 g/mol. The van der Waals surface area contributed by atoms with Crippen LogP contribution in [0.1, 0.15) is 37.8 Å². The van der Waals surface area contributed by atoms with E-state index in [9.17, 15) is 46.0 Å². The highest BCUT2D eigenvalue weighted by atomic mass is 16.7. The fourth-order valence-electron chi connectivity index (χ4n) is 4.68. The van der Waals surface area contributed by atoms with Gasteiger partial charge in [0.15, 0.2) is 6.29 Å². The smallest absolute Gasteiger partial charge is 0.229 e. The van der Waals surface area contributed by atoms with E-state index in [1.807, 2.05) is 26.0 Å². The zero-order chi connectivity index (χ0) is 31.1. The fourth-order valence-corrected chi connectivity index (χ4v) is 4.68. The zero-order valence-electron chi connectivity index (χ0n) is 24.0. The minimum Gasteiger partial charge on any atom is -0.508 e. The number of hydrogen-bond acceptors (Lipinski definition) is 13. The Morgan fingerprint density at radius 1 is 0.786 bits per heavy atom. The molecule has 0 radical (unpaired) electrons. The molecule has 2 fully saturated rings. The summed E-state index contributed by atoms with van der Waals surface area (Å²) in [5.41, 5.74) is 2.99. The largest absolute Gasteiger partial charge is 0.508 e. The van der Waals surface area contributed by atoms with Crippen molar-refractivity contribution in [1.82, 2.24) is 0 Å². The second-order valence-corrected chi connectivity index (χ2v) is 10.9. The number of aromatic hydroxyl groups is 1. The van der Waals surface area contributed by atoms with Gasteiger partial charge in [-0.05, 0) is 57.7 Å². The molecule has 9 N–H and O–H groups in total. The highest BCUT2D eigenvalue weighted by Crippen LogP contribution is 2.32. The average molecular weight is 601 g/mol. The van der Waals surface area contributed by atoms with E-state index in [0.29, 0.717) is 36.1 Å². The molecule has 0 aromatic heterocycles. The number of allylic oxidation sites excluding steroid dienone is 3. The van der Waals surface area contributed by atoms with E-state index >= 15 is 0 Å². The minimum atomic E-state index is -1.58. The number of aliphatic hydroxyl groups is 8. The van der Waals surface area contributed by atoms with Crippen molar-refractivity contribution in [2.45, 2.75) is 101 Å². The van der Waals surface area contributed by atoms with E-state index < -0.39 is 74.6 Å². The first-order valence-corrected chi connectivity index (χ1v) is 13.9. The third-order valence-corrected chi connectivity index (χ3v) is 7.50. The van der Waals surface area contributed by atoms with Crippen LogP contribution in [0.4, 0.5) is 0 Å². The summed E-state index contributed by atoms with van der Waals surface area (Å²) in [4.78, 5) is 0. The third-order valence-electron chi connectivity index (χ3n) is 7.50. The molecule has 2 heterocycles. The van der Waals surface area contributed by atoms with Crippen molar-refractivity contribution in [3.63, 3.8) is 0 Å². The van der Waals surface area contributed by atoms with E-state index in [4.69, 9.17) is 18.9 Å². The SMILES string of the molecule is CC(=CCc1cc(O)c(C)cc1O[C@@H]1O[C@H](CO)[C@@H](O)[C@H](O)[C@H]1O)CCC=C(C)CO[C@@H]1O[C@H](CO)[C@@H](O)[C@H](O)[C@H]1O. The van der Waals surface area contributed by atoms with Gasteiger partial charge in [0.05, 0.1) is 19.8 Å². The molecule has 2 aliphatic heterocycles. The predicted molar refractivity (Wildman–Crippen MR) is 147 cm³/mol. The van der Waals surface area contributed by atoms with Crippen molar-refractivity contribution in [1.29, 1.82) is 0 Å². The van der Waals surface area contributed by atoms with Gasteiger partial charge in [0.1, 0.15) is 60.3 Å². The first-order chi connectivity index (χ1) is 19.9. The Kier molecular flexibility index (Phi) is 12.7. The molecule has 0 unspecified atom stereocenters. The molecule has 1 aromatic rings. The van der Waals surface area contributed by atoms with Crippen molar-refractivity contribution >= 4 is 0 Å². The van der Waals surface area contributed by atoms with Crippen LogP contribution >= 0.6 is 0 Å². The average Bonchev–Trinajstić information content (AvgIpc) is 2.96. The number of benzene rings is 1. The molecule has 0 amide bonds. The molecule has 3 rings (SSSR count). The molecule has 2 saturated heterocycles. The Balaban J connectivity index is 1.57. The summed E-state index contributed by atoms with van der Waals surface area (Å²) < 4.78 is 22.2. The van der Waals surface area contributed by atoms with Crippen LogP contribution in [0.15, 0.2) is 35.4 Å². The van der Waals surface area contributed by atoms with Crippen LogP contribution in [-0.2, 0) is 20.6 Å². The van der Waals surface area contributed by atoms with Gasteiger partial charge in [-0.2, -0.15) is 0 Å². The summed E-state index contributed by atoms with van der Waals surface area (Å²) in [5, 5.41) is 89.3. The molecule has 10 atom stereocenters. The molecule has 2 aliphatic rings. The summed E-state index contributed by atoms with van der Waals surface area (Å²) in [6, 6.07) is 3.12. The molecule has 0 saturated carbocycles. The van der Waals surface area contributed by atoms with Crippen LogP contribution in [0, 0.1) is 6.92 Å². The fraction of sp³-hybridized carbons (Fsp3) is 0.655. The number of ether oxygens (including phenoxy) is 4. The van der Waals surface area contributed by atoms with Gasteiger partial charge in [-0.25, -0.2) is 0 Å². The van der Waals surface area contributed by atoms with E-state index in [-0.39, 0.29) is 12.4 Å². The van der Waals surface area contributed by atoms with Gasteiger partial charge >= 0.3 is 0 Å². The van der Waals surface area contributed by atoms with Crippen molar-refractivity contribution in [2.24, 2.45) is 0 Å². The number of phenols is 1. The molecule has 238 valence electrons. The van der Waals surface area contributed by atoms with Gasteiger partial charge in [-0.15, -0.1) is 0 Å². The number of phenolic OH excluding ortho intramolecular Hbond substituents is 1. The van der Waals surface area contributed by atoms with Crippen molar-refractivity contribution in [3.05, 3.63) is 46.6 Å². The summed E-state index contributed by atoms with van der Waals surface area (Å²) >= 11 is 0. The summed E-state index contributed by atoms with van der Waals surface area (Å²) in [6.45, 7) is 4.44. The van der Waals surface area contributed by atoms with Gasteiger partial charge < -0.3 is 64.9 Å². The first kappa shape index (κ1) is 34.4. The lowest BCUT2D eigenvalue weighted by atomic mass is 9.99. The Hall–Kier alpha value is -2.14. The topological polar surface area (TPSA) is 219 Å². The van der Waals surface area contributed by atoms with E-state index in [1.54, 1.807) is 19.1 Å². The molecular formula is C29H44O13. The lowest BCUT2D eigenvalue weighted by Crippen LogP contribution is -2.60. The second kappa shape index (κ2) is 15.5. The summed E-state index contributed by atoms with van der Waals surface area (Å²) in [7, 11) is 0. The number of aliphatic hydroxyl groups excluding tert-OH is 8. The van der Waals surface area contributed by atoms with Crippen LogP contribution in [0.2, 0.25) is 0 Å². The highest BCUT2D eigenvalue weighted by Gasteiger charge is 2.45. The maximum absolute atomic E-state index is 10.4. The number of aryl methyl sites for hydroxylation is 1. The summed E-state index contributed by atoms with van der Waals surface area (Å²) in [6.07, 6.45) is -8.14. The van der Waals surface area contributed by atoms with Crippen LogP contribution in [-0.4, -0.2) is 127 Å². The molecule has 0 spiro atoms. The Morgan fingerprint density at radius 2 is 1.36 bits per heavy atom. The standard InChI is InChI=1S/C29H44O13/c1-14(5-4-6-15(2)13-39-28-26(37)24(35)22(33)20(11-30)41-28)7-8-17-10-18(32)16(3)9-19(17)40-29-27(38)25(36)23(34)21(12-31)42-29/h6-7,9-10,20-38H,4-5,8,11-13H2,1-3H3/t20-,21-,22-,23-,24+,25+,26-,27-,28-,29-/m1/s1. The van der Waals surface area contributed by atoms with Crippen LogP contribution in [0.25, 0.3) is 0 Å². The zero-order valence-corrected chi connectivity index (χ0v) is 24.0. The van der Waals surface area contributed by atoms with Gasteiger partial charge in [0.25, 0.3) is 0 Å². The maximum atomic E-state index is 10.4. The Labute approximate surface area is 244 Å². The number of hydrogen-bond donors (Lipinski definition) is 9. The molecule has 42 heavy (non-hydrogen) atoms. The predicted octanol–water partition coefficient (Wildman–Crippen LogP) is -1.09. The maximum Gasteiger partial charge on any atom is 0.229 e. The first-order valence-electron chi connectivity index (χ1n) is 13.9. The minimum absolute atomic E-state index is 0.0511. The summed E-state index contributed by atoms with van der Waals surface area (Å²) in [5.74, 6) is 0.356. The lowest BCUT2D eigenvalue weighted by Gasteiger charge is -2.39. The second-order valence-electron chi connectivity index (χ2n) is 10.9. The molecular weight excluding hydrogens is 556 g/mol. The van der Waals surface area contributed by atoms with Gasteiger partial charge in [0.2, 0.25) is 6.29 Å². The van der Waals surface area contributed by atoms with E-state index in [1.165, 1.54) is 0 Å². The van der Waals surface area contributed by atoms with Crippen molar-refractivity contribution in [2.75, 3.05) is 19.8 Å². The van der Waals surface area contributed by atoms with Crippen LogP contribution in [0.3, 0.4) is 0 Å². The molecule has 1 aromatic carbocycles.